The summed E-state index contributed by atoms with van der Waals surface area (Å²) in [4.78, 5) is 36.5. The van der Waals surface area contributed by atoms with Crippen LogP contribution in [0.15, 0.2) is 54.6 Å². The van der Waals surface area contributed by atoms with E-state index in [1.165, 1.54) is 0 Å². The average molecular weight is 371 g/mol. The summed E-state index contributed by atoms with van der Waals surface area (Å²) >= 11 is 0. The number of carboxylic acid groups (broad SMARTS) is 1. The van der Waals surface area contributed by atoms with Crippen LogP contribution in [-0.4, -0.2) is 53.5 Å². The molecule has 1 N–H and O–H groups in total. The Morgan fingerprint density at radius 3 is 2.74 bits per heavy atom. The number of hydrogen-bond donors (Lipinski definition) is 1. The van der Waals surface area contributed by atoms with E-state index in [9.17, 15) is 14.4 Å². The number of ether oxygens (including phenoxy) is 1. The summed E-state index contributed by atoms with van der Waals surface area (Å²) in [5, 5.41) is 8.50. The molecule has 144 valence electrons. The predicted molar refractivity (Wildman–Crippen MR) is 101 cm³/mol. The maximum atomic E-state index is 12.2. The molecule has 6 nitrogen and oxygen atoms in total. The van der Waals surface area contributed by atoms with Gasteiger partial charge in [-0.2, -0.15) is 0 Å². The fourth-order valence-corrected chi connectivity index (χ4v) is 2.93. The molecule has 1 heterocycles. The van der Waals surface area contributed by atoms with Gasteiger partial charge in [0.25, 0.3) is 0 Å². The Morgan fingerprint density at radius 2 is 2.00 bits per heavy atom. The first kappa shape index (κ1) is 20.6. The summed E-state index contributed by atoms with van der Waals surface area (Å²) in [7, 11) is 0. The minimum atomic E-state index is -1.01. The van der Waals surface area contributed by atoms with E-state index < -0.39 is 5.97 Å². The van der Waals surface area contributed by atoms with Gasteiger partial charge in [-0.3, -0.25) is 9.59 Å². The van der Waals surface area contributed by atoms with E-state index in [0.717, 1.165) is 18.4 Å². The van der Waals surface area contributed by atoms with Crippen molar-refractivity contribution in [3.63, 3.8) is 0 Å². The van der Waals surface area contributed by atoms with Crippen LogP contribution in [0.4, 0.5) is 0 Å². The molecule has 27 heavy (non-hydrogen) atoms. The van der Waals surface area contributed by atoms with Gasteiger partial charge in [0.05, 0.1) is 12.6 Å². The maximum absolute atomic E-state index is 12.2. The van der Waals surface area contributed by atoms with Crippen molar-refractivity contribution < 1.29 is 24.2 Å². The first-order valence-electron chi connectivity index (χ1n) is 9.05. The highest BCUT2D eigenvalue weighted by Crippen LogP contribution is 2.19. The number of carbonyl (C=O) groups is 3. The SMILES string of the molecule is O=C(O)COCC=CCN1C(=O)CCC[C@@H]1C=CC(=O)Cc1ccccc1. The summed E-state index contributed by atoms with van der Waals surface area (Å²) in [6.45, 7) is 0.253. The number of carboxylic acids is 1. The average Bonchev–Trinajstić information content (AvgIpc) is 2.65. The molecule has 0 aromatic heterocycles. The Bertz CT molecular complexity index is 696. The smallest absolute Gasteiger partial charge is 0.329 e. The topological polar surface area (TPSA) is 83.9 Å². The molecule has 2 rings (SSSR count). The number of aliphatic carboxylic acids is 1. The van der Waals surface area contributed by atoms with Gasteiger partial charge in [-0.05, 0) is 24.5 Å². The summed E-state index contributed by atoms with van der Waals surface area (Å²) in [6, 6.07) is 9.45. The highest BCUT2D eigenvalue weighted by Gasteiger charge is 2.25. The quantitative estimate of drug-likeness (QED) is 0.388. The molecule has 1 aliphatic heterocycles. The van der Waals surface area contributed by atoms with Gasteiger partial charge in [-0.1, -0.05) is 48.6 Å². The van der Waals surface area contributed by atoms with Gasteiger partial charge < -0.3 is 14.7 Å². The van der Waals surface area contributed by atoms with Crippen molar-refractivity contribution in [3.05, 3.63) is 60.2 Å². The van der Waals surface area contributed by atoms with Crippen molar-refractivity contribution in [2.24, 2.45) is 0 Å². The molecule has 0 bridgehead atoms. The highest BCUT2D eigenvalue weighted by atomic mass is 16.5. The van der Waals surface area contributed by atoms with Crippen molar-refractivity contribution >= 4 is 17.7 Å². The number of nitrogens with zero attached hydrogens (tertiary/aromatic N) is 1. The Balaban J connectivity index is 1.86. The molecule has 6 heteroatoms. The Hall–Kier alpha value is -2.73. The van der Waals surface area contributed by atoms with Gasteiger partial charge in [0.1, 0.15) is 6.61 Å². The minimum absolute atomic E-state index is 0.0109. The number of ketones is 1. The van der Waals surface area contributed by atoms with Crippen molar-refractivity contribution in [2.75, 3.05) is 19.8 Å². The third kappa shape index (κ3) is 7.58. The van der Waals surface area contributed by atoms with E-state index in [0.29, 0.717) is 19.4 Å². The van der Waals surface area contributed by atoms with Crippen molar-refractivity contribution in [3.8, 4) is 0 Å². The fourth-order valence-electron chi connectivity index (χ4n) is 2.93. The molecule has 1 aromatic rings. The summed E-state index contributed by atoms with van der Waals surface area (Å²) in [5.41, 5.74) is 0.966. The van der Waals surface area contributed by atoms with Crippen LogP contribution in [0.2, 0.25) is 0 Å². The van der Waals surface area contributed by atoms with Crippen LogP contribution < -0.4 is 0 Å². The molecule has 0 saturated carbocycles. The third-order valence-corrected chi connectivity index (χ3v) is 4.25. The summed E-state index contributed by atoms with van der Waals surface area (Å²) < 4.78 is 4.93. The Kier molecular flexibility index (Phi) is 8.45. The van der Waals surface area contributed by atoms with E-state index in [2.05, 4.69) is 0 Å². The molecule has 1 aliphatic rings. The van der Waals surface area contributed by atoms with E-state index >= 15 is 0 Å². The van der Waals surface area contributed by atoms with Crippen molar-refractivity contribution in [1.29, 1.82) is 0 Å². The number of carbonyl (C=O) groups excluding carboxylic acids is 2. The van der Waals surface area contributed by atoms with Crippen LogP contribution in [-0.2, 0) is 25.5 Å². The summed E-state index contributed by atoms with van der Waals surface area (Å²) in [5.74, 6) is -0.945. The maximum Gasteiger partial charge on any atom is 0.329 e. The monoisotopic (exact) mass is 371 g/mol. The fraction of sp³-hybridized carbons (Fsp3) is 0.381. The molecule has 0 unspecified atom stereocenters. The zero-order valence-electron chi connectivity index (χ0n) is 15.3. The molecule has 0 aliphatic carbocycles. The lowest BCUT2D eigenvalue weighted by molar-refractivity contribution is -0.141. The number of likely N-dealkylation sites (tertiary alicyclic amines) is 1. The molecule has 1 amide bonds. The largest absolute Gasteiger partial charge is 0.480 e. The van der Waals surface area contributed by atoms with Crippen LogP contribution in [0.5, 0.6) is 0 Å². The van der Waals surface area contributed by atoms with Crippen LogP contribution in [0, 0.1) is 0 Å². The summed E-state index contributed by atoms with van der Waals surface area (Å²) in [6.07, 6.45) is 9.36. The second-order valence-corrected chi connectivity index (χ2v) is 6.37. The molecule has 1 atom stereocenters. The highest BCUT2D eigenvalue weighted by molar-refractivity contribution is 5.91. The Labute approximate surface area is 159 Å². The lowest BCUT2D eigenvalue weighted by Crippen LogP contribution is -2.42. The number of rotatable bonds is 10. The number of piperidine rings is 1. The molecular formula is C21H25NO5. The first-order chi connectivity index (χ1) is 13.1. The van der Waals surface area contributed by atoms with Crippen molar-refractivity contribution in [2.45, 2.75) is 31.7 Å². The second-order valence-electron chi connectivity index (χ2n) is 6.37. The molecule has 1 fully saturated rings. The number of allylic oxidation sites excluding steroid dienone is 1. The van der Waals surface area contributed by atoms with Crippen molar-refractivity contribution in [1.82, 2.24) is 4.90 Å². The van der Waals surface area contributed by atoms with Gasteiger partial charge in [0.2, 0.25) is 5.91 Å². The van der Waals surface area contributed by atoms with E-state index in [-0.39, 0.29) is 30.9 Å². The Morgan fingerprint density at radius 1 is 1.22 bits per heavy atom. The van der Waals surface area contributed by atoms with Crippen LogP contribution in [0.25, 0.3) is 0 Å². The molecule has 1 aromatic carbocycles. The van der Waals surface area contributed by atoms with E-state index in [1.807, 2.05) is 36.4 Å². The number of hydrogen-bond acceptors (Lipinski definition) is 4. The van der Waals surface area contributed by atoms with Gasteiger partial charge in [0.15, 0.2) is 5.78 Å². The van der Waals surface area contributed by atoms with E-state index in [4.69, 9.17) is 9.84 Å². The molecule has 0 radical (unpaired) electrons. The lowest BCUT2D eigenvalue weighted by Gasteiger charge is -2.33. The zero-order chi connectivity index (χ0) is 19.5. The zero-order valence-corrected chi connectivity index (χ0v) is 15.3. The van der Waals surface area contributed by atoms with Crippen LogP contribution >= 0.6 is 0 Å². The number of amides is 1. The molecular weight excluding hydrogens is 346 g/mol. The predicted octanol–water partition coefficient (Wildman–Crippen LogP) is 2.39. The van der Waals surface area contributed by atoms with Gasteiger partial charge >= 0.3 is 5.97 Å². The molecule has 1 saturated heterocycles. The second kappa shape index (κ2) is 11.1. The third-order valence-electron chi connectivity index (χ3n) is 4.25. The van der Waals surface area contributed by atoms with E-state index in [1.54, 1.807) is 23.1 Å². The van der Waals surface area contributed by atoms with Crippen LogP contribution in [0.3, 0.4) is 0 Å². The van der Waals surface area contributed by atoms with Gasteiger partial charge in [-0.15, -0.1) is 0 Å². The number of benzene rings is 1. The minimum Gasteiger partial charge on any atom is -0.480 e. The van der Waals surface area contributed by atoms with Crippen LogP contribution in [0.1, 0.15) is 24.8 Å². The van der Waals surface area contributed by atoms with Gasteiger partial charge in [-0.25, -0.2) is 4.79 Å². The molecule has 0 spiro atoms. The first-order valence-corrected chi connectivity index (χ1v) is 9.05. The standard InChI is InChI=1S/C21H25NO5/c23-19(15-17-7-2-1-3-8-17)12-11-18-9-6-10-20(24)22(18)13-4-5-14-27-16-21(25)26/h1-5,7-8,11-12,18H,6,9-10,13-16H2,(H,25,26)/t18-/m1/s1. The normalized spacial score (nSPS) is 17.7. The van der Waals surface area contributed by atoms with Gasteiger partial charge in [0, 0.05) is 19.4 Å². The lowest BCUT2D eigenvalue weighted by atomic mass is 10.00.